The molecule has 0 saturated carbocycles. The maximum absolute atomic E-state index is 2.30. The van der Waals surface area contributed by atoms with E-state index in [0.717, 1.165) is 0 Å². The standard InChI is InChI=1S/C9H13/c1-8(2)9-6-4-3-5-7-9/h4,6-7H,3,5H2,1-2H3/q+1. The van der Waals surface area contributed by atoms with E-state index in [-0.39, 0.29) is 0 Å². The first-order chi connectivity index (χ1) is 4.30. The Labute approximate surface area is 57.3 Å². The van der Waals surface area contributed by atoms with E-state index in [9.17, 15) is 0 Å². The van der Waals surface area contributed by atoms with Crippen molar-refractivity contribution in [1.82, 2.24) is 0 Å². The van der Waals surface area contributed by atoms with E-state index in [2.05, 4.69) is 32.4 Å². The van der Waals surface area contributed by atoms with Gasteiger partial charge in [0.1, 0.15) is 5.57 Å². The molecule has 0 aromatic heterocycles. The summed E-state index contributed by atoms with van der Waals surface area (Å²) in [7, 11) is 0. The second kappa shape index (κ2) is 2.77. The fourth-order valence-corrected chi connectivity index (χ4v) is 0.984. The molecule has 0 saturated heterocycles. The van der Waals surface area contributed by atoms with Crippen molar-refractivity contribution in [2.45, 2.75) is 26.7 Å². The molecule has 1 aliphatic carbocycles. The van der Waals surface area contributed by atoms with Gasteiger partial charge in [-0.1, -0.05) is 0 Å². The summed E-state index contributed by atoms with van der Waals surface area (Å²) in [5.74, 6) is 0. The Bertz CT molecular complexity index is 145. The van der Waals surface area contributed by atoms with Gasteiger partial charge in [0.05, 0.1) is 0 Å². The predicted octanol–water partition coefficient (Wildman–Crippen LogP) is 2.88. The highest BCUT2D eigenvalue weighted by molar-refractivity contribution is 5.33. The van der Waals surface area contributed by atoms with Crippen molar-refractivity contribution in [1.29, 1.82) is 0 Å². The number of rotatable bonds is 0. The lowest BCUT2D eigenvalue weighted by Crippen LogP contribution is -1.89. The van der Waals surface area contributed by atoms with Crippen LogP contribution in [0.3, 0.4) is 0 Å². The van der Waals surface area contributed by atoms with Crippen LogP contribution in [0, 0.1) is 6.42 Å². The summed E-state index contributed by atoms with van der Waals surface area (Å²) in [4.78, 5) is 0. The SMILES string of the molecule is CC(C)=C1C=CCC[CH+]1. The van der Waals surface area contributed by atoms with Crippen LogP contribution in [0.1, 0.15) is 26.7 Å². The smallest absolute Gasteiger partial charge is 0.0259 e. The normalized spacial score (nSPS) is 17.3. The summed E-state index contributed by atoms with van der Waals surface area (Å²) in [5, 5.41) is 0. The molecule has 0 unspecified atom stereocenters. The molecule has 0 amide bonds. The highest BCUT2D eigenvalue weighted by Crippen LogP contribution is 2.17. The third-order valence-electron chi connectivity index (χ3n) is 1.57. The summed E-state index contributed by atoms with van der Waals surface area (Å²) in [5.41, 5.74) is 2.84. The van der Waals surface area contributed by atoms with Crippen LogP contribution in [-0.2, 0) is 0 Å². The van der Waals surface area contributed by atoms with Gasteiger partial charge in [0.2, 0.25) is 0 Å². The summed E-state index contributed by atoms with van der Waals surface area (Å²) >= 11 is 0. The fraction of sp³-hybridized carbons (Fsp3) is 0.444. The van der Waals surface area contributed by atoms with Gasteiger partial charge >= 0.3 is 0 Å². The van der Waals surface area contributed by atoms with E-state index >= 15 is 0 Å². The Morgan fingerprint density at radius 1 is 1.56 bits per heavy atom. The van der Waals surface area contributed by atoms with Gasteiger partial charge in [-0.25, -0.2) is 0 Å². The Kier molecular flexibility index (Phi) is 1.99. The molecule has 0 fully saturated rings. The zero-order valence-electron chi connectivity index (χ0n) is 6.15. The largest absolute Gasteiger partial charge is 0.127 e. The van der Waals surface area contributed by atoms with Crippen molar-refractivity contribution in [3.05, 3.63) is 29.7 Å². The molecule has 0 heteroatoms. The van der Waals surface area contributed by atoms with Crippen molar-refractivity contribution < 1.29 is 0 Å². The summed E-state index contributed by atoms with van der Waals surface area (Å²) in [6, 6.07) is 0. The number of allylic oxidation sites excluding steroid dienone is 4. The van der Waals surface area contributed by atoms with Gasteiger partial charge in [-0.05, 0) is 12.5 Å². The van der Waals surface area contributed by atoms with Crippen molar-refractivity contribution in [3.63, 3.8) is 0 Å². The van der Waals surface area contributed by atoms with Gasteiger partial charge in [0.15, 0.2) is 0 Å². The first-order valence-electron chi connectivity index (χ1n) is 3.48. The van der Waals surface area contributed by atoms with E-state index < -0.39 is 0 Å². The third-order valence-corrected chi connectivity index (χ3v) is 1.57. The lowest BCUT2D eigenvalue weighted by Gasteiger charge is -1.98. The van der Waals surface area contributed by atoms with E-state index in [1.165, 1.54) is 24.0 Å². The molecule has 0 radical (unpaired) electrons. The quantitative estimate of drug-likeness (QED) is 0.432. The first kappa shape index (κ1) is 6.47. The molecule has 0 spiro atoms. The maximum Gasteiger partial charge on any atom is 0.127 e. The summed E-state index contributed by atoms with van der Waals surface area (Å²) in [6.07, 6.45) is 9.18. The average Bonchev–Trinajstić information content (AvgIpc) is 1.90. The Hall–Kier alpha value is -0.650. The molecule has 0 N–H and O–H groups in total. The van der Waals surface area contributed by atoms with Crippen molar-refractivity contribution in [2.75, 3.05) is 0 Å². The number of hydrogen-bond donors (Lipinski definition) is 0. The summed E-state index contributed by atoms with van der Waals surface area (Å²) in [6.45, 7) is 4.31. The Morgan fingerprint density at radius 2 is 2.33 bits per heavy atom. The van der Waals surface area contributed by atoms with Gasteiger partial charge in [0, 0.05) is 38.3 Å². The maximum atomic E-state index is 2.30. The van der Waals surface area contributed by atoms with Gasteiger partial charge in [-0.3, -0.25) is 0 Å². The molecule has 48 valence electrons. The minimum Gasteiger partial charge on any atom is -0.0259 e. The molecule has 9 heavy (non-hydrogen) atoms. The van der Waals surface area contributed by atoms with Crippen LogP contribution >= 0.6 is 0 Å². The van der Waals surface area contributed by atoms with Gasteiger partial charge in [-0.15, -0.1) is 0 Å². The van der Waals surface area contributed by atoms with Crippen LogP contribution in [0.5, 0.6) is 0 Å². The molecule has 1 rings (SSSR count). The third kappa shape index (κ3) is 1.63. The van der Waals surface area contributed by atoms with Crippen molar-refractivity contribution in [2.24, 2.45) is 0 Å². The van der Waals surface area contributed by atoms with Gasteiger partial charge in [-0.2, -0.15) is 0 Å². The highest BCUT2D eigenvalue weighted by atomic mass is 14.0. The Morgan fingerprint density at radius 3 is 2.67 bits per heavy atom. The molecule has 0 aromatic rings. The van der Waals surface area contributed by atoms with E-state index in [1.807, 2.05) is 0 Å². The minimum atomic E-state index is 1.22. The zero-order chi connectivity index (χ0) is 6.69. The topological polar surface area (TPSA) is 0 Å². The monoisotopic (exact) mass is 121 g/mol. The van der Waals surface area contributed by atoms with Gasteiger partial charge < -0.3 is 0 Å². The lowest BCUT2D eigenvalue weighted by atomic mass is 9.99. The lowest BCUT2D eigenvalue weighted by molar-refractivity contribution is 0.954. The van der Waals surface area contributed by atoms with Crippen LogP contribution in [-0.4, -0.2) is 0 Å². The molecular formula is C9H13+. The molecule has 0 atom stereocenters. The van der Waals surface area contributed by atoms with Crippen LogP contribution < -0.4 is 0 Å². The second-order valence-corrected chi connectivity index (χ2v) is 2.64. The molecule has 0 bridgehead atoms. The zero-order valence-corrected chi connectivity index (χ0v) is 6.15. The van der Waals surface area contributed by atoms with Crippen LogP contribution in [0.4, 0.5) is 0 Å². The van der Waals surface area contributed by atoms with Gasteiger partial charge in [0.25, 0.3) is 0 Å². The van der Waals surface area contributed by atoms with E-state index in [4.69, 9.17) is 0 Å². The second-order valence-electron chi connectivity index (χ2n) is 2.64. The van der Waals surface area contributed by atoms with E-state index in [0.29, 0.717) is 0 Å². The average molecular weight is 121 g/mol. The van der Waals surface area contributed by atoms with Crippen LogP contribution in [0.15, 0.2) is 23.3 Å². The Balaban J connectivity index is 2.71. The number of hydrogen-bond acceptors (Lipinski definition) is 0. The molecule has 0 nitrogen and oxygen atoms in total. The molecular weight excluding hydrogens is 108 g/mol. The van der Waals surface area contributed by atoms with Crippen LogP contribution in [0.2, 0.25) is 0 Å². The first-order valence-corrected chi connectivity index (χ1v) is 3.48. The minimum absolute atomic E-state index is 1.22. The van der Waals surface area contributed by atoms with Crippen molar-refractivity contribution in [3.8, 4) is 0 Å². The summed E-state index contributed by atoms with van der Waals surface area (Å²) < 4.78 is 0. The molecule has 0 aliphatic heterocycles. The van der Waals surface area contributed by atoms with Crippen molar-refractivity contribution >= 4 is 0 Å². The molecule has 0 heterocycles. The fourth-order valence-electron chi connectivity index (χ4n) is 0.984. The molecule has 1 aliphatic rings. The van der Waals surface area contributed by atoms with Crippen LogP contribution in [0.25, 0.3) is 0 Å². The highest BCUT2D eigenvalue weighted by Gasteiger charge is 2.08. The van der Waals surface area contributed by atoms with E-state index in [1.54, 1.807) is 0 Å². The predicted molar refractivity (Wildman–Crippen MR) is 41.0 cm³/mol. The molecule has 0 aromatic carbocycles.